The van der Waals surface area contributed by atoms with E-state index >= 15 is 0 Å². The number of aryl methyl sites for hydroxylation is 1. The number of para-hydroxylation sites is 1. The first-order valence-corrected chi connectivity index (χ1v) is 9.26. The number of nitrogens with one attached hydrogen (secondary N) is 2. The molecule has 7 heteroatoms. The molecule has 0 fully saturated rings. The molecule has 0 aliphatic carbocycles. The lowest BCUT2D eigenvalue weighted by molar-refractivity contribution is 0.0935. The summed E-state index contributed by atoms with van der Waals surface area (Å²) in [6, 6.07) is 19.0. The van der Waals surface area contributed by atoms with Gasteiger partial charge < -0.3 is 10.6 Å². The van der Waals surface area contributed by atoms with E-state index in [0.29, 0.717) is 22.1 Å². The van der Waals surface area contributed by atoms with Crippen LogP contribution >= 0.6 is 11.6 Å². The lowest BCUT2D eigenvalue weighted by Crippen LogP contribution is -2.38. The van der Waals surface area contributed by atoms with Crippen molar-refractivity contribution < 1.29 is 4.79 Å². The van der Waals surface area contributed by atoms with Crippen LogP contribution in [0, 0.1) is 6.92 Å². The Morgan fingerprint density at radius 3 is 2.54 bits per heavy atom. The Bertz CT molecular complexity index is 1200. The molecule has 0 spiro atoms. The number of carbonyl (C=O) groups excluding carboxylic acids is 1. The second-order valence-electron chi connectivity index (χ2n) is 6.69. The van der Waals surface area contributed by atoms with E-state index in [1.807, 2.05) is 55.5 Å². The highest BCUT2D eigenvalue weighted by Crippen LogP contribution is 2.30. The third-order valence-electron chi connectivity index (χ3n) is 4.85. The summed E-state index contributed by atoms with van der Waals surface area (Å²) in [4.78, 5) is 17.5. The first kappa shape index (κ1) is 16.8. The Hall–Kier alpha value is -3.38. The minimum atomic E-state index is -0.378. The Morgan fingerprint density at radius 2 is 1.79 bits per heavy atom. The number of hydrogen-bond acceptors (Lipinski definition) is 4. The molecule has 1 aliphatic heterocycles. The highest BCUT2D eigenvalue weighted by molar-refractivity contribution is 6.30. The molecule has 0 radical (unpaired) electrons. The number of nitrogens with zero attached hydrogens (tertiary/aromatic N) is 3. The van der Waals surface area contributed by atoms with E-state index in [9.17, 15) is 4.79 Å². The van der Waals surface area contributed by atoms with Gasteiger partial charge in [0.2, 0.25) is 0 Å². The first-order valence-electron chi connectivity index (χ1n) is 8.89. The van der Waals surface area contributed by atoms with Gasteiger partial charge in [0.15, 0.2) is 5.65 Å². The number of carbonyl (C=O) groups is 1. The molecule has 1 amide bonds. The maximum absolute atomic E-state index is 12.7. The van der Waals surface area contributed by atoms with Gasteiger partial charge in [-0.15, -0.1) is 0 Å². The molecule has 0 saturated carbocycles. The van der Waals surface area contributed by atoms with Gasteiger partial charge in [-0.05, 0) is 42.8 Å². The van der Waals surface area contributed by atoms with Gasteiger partial charge in [-0.2, -0.15) is 5.10 Å². The fourth-order valence-electron chi connectivity index (χ4n) is 3.42. The molecule has 2 aromatic carbocycles. The average Bonchev–Trinajstić information content (AvgIpc) is 3.04. The van der Waals surface area contributed by atoms with Crippen LogP contribution in [0.25, 0.3) is 16.7 Å². The summed E-state index contributed by atoms with van der Waals surface area (Å²) < 4.78 is 1.80. The summed E-state index contributed by atoms with van der Waals surface area (Å²) >= 11 is 5.97. The van der Waals surface area contributed by atoms with Gasteiger partial charge in [0.1, 0.15) is 12.0 Å². The van der Waals surface area contributed by atoms with Crippen molar-refractivity contribution in [3.8, 4) is 5.69 Å². The molecule has 1 aliphatic rings. The number of aromatic nitrogens is 3. The predicted octanol–water partition coefficient (Wildman–Crippen LogP) is 4.24. The highest BCUT2D eigenvalue weighted by atomic mass is 35.5. The zero-order valence-corrected chi connectivity index (χ0v) is 15.7. The zero-order chi connectivity index (χ0) is 19.3. The monoisotopic (exact) mass is 389 g/mol. The van der Waals surface area contributed by atoms with Gasteiger partial charge in [-0.1, -0.05) is 41.9 Å². The maximum atomic E-state index is 12.7. The molecular formula is C21H16ClN5O. The van der Waals surface area contributed by atoms with E-state index in [2.05, 4.69) is 15.7 Å². The first-order chi connectivity index (χ1) is 13.6. The minimum Gasteiger partial charge on any atom is -0.346 e. The fourth-order valence-corrected chi connectivity index (χ4v) is 3.54. The van der Waals surface area contributed by atoms with Crippen LogP contribution in [0.3, 0.4) is 0 Å². The molecule has 2 N–H and O–H groups in total. The number of anilines is 1. The van der Waals surface area contributed by atoms with Gasteiger partial charge in [0.05, 0.1) is 16.9 Å². The van der Waals surface area contributed by atoms with Crippen molar-refractivity contribution in [3.63, 3.8) is 0 Å². The smallest absolute Gasteiger partial charge is 0.256 e. The Morgan fingerprint density at radius 1 is 1.04 bits per heavy atom. The lowest BCUT2D eigenvalue weighted by atomic mass is 10.1. The maximum Gasteiger partial charge on any atom is 0.256 e. The molecule has 0 saturated heterocycles. The van der Waals surface area contributed by atoms with E-state index in [0.717, 1.165) is 22.3 Å². The topological polar surface area (TPSA) is 71.8 Å². The van der Waals surface area contributed by atoms with Crippen molar-refractivity contribution in [2.24, 2.45) is 0 Å². The second kappa shape index (κ2) is 6.35. The van der Waals surface area contributed by atoms with E-state index in [1.165, 1.54) is 0 Å². The van der Waals surface area contributed by atoms with Crippen LogP contribution in [0.15, 0.2) is 60.7 Å². The highest BCUT2D eigenvalue weighted by Gasteiger charge is 2.27. The largest absolute Gasteiger partial charge is 0.346 e. The number of rotatable bonds is 2. The number of hydrogen-bond donors (Lipinski definition) is 2. The fraction of sp³-hybridized carbons (Fsp3) is 0.0952. The summed E-state index contributed by atoms with van der Waals surface area (Å²) in [5.41, 5.74) is 3.86. The summed E-state index contributed by atoms with van der Waals surface area (Å²) in [6.07, 6.45) is -0.378. The van der Waals surface area contributed by atoms with Crippen molar-refractivity contribution in [1.29, 1.82) is 0 Å². The third kappa shape index (κ3) is 2.70. The van der Waals surface area contributed by atoms with Crippen LogP contribution in [0.1, 0.15) is 27.8 Å². The van der Waals surface area contributed by atoms with Crippen molar-refractivity contribution in [1.82, 2.24) is 20.1 Å². The molecular weight excluding hydrogens is 374 g/mol. The van der Waals surface area contributed by atoms with Gasteiger partial charge in [0, 0.05) is 10.4 Å². The molecule has 0 unspecified atom stereocenters. The van der Waals surface area contributed by atoms with Crippen LogP contribution in [-0.2, 0) is 0 Å². The van der Waals surface area contributed by atoms with Crippen LogP contribution in [0.5, 0.6) is 0 Å². The van der Waals surface area contributed by atoms with Crippen molar-refractivity contribution in [2.75, 3.05) is 5.32 Å². The molecule has 6 nitrogen and oxygen atoms in total. The number of amides is 1. The Kier molecular flexibility index (Phi) is 3.80. The minimum absolute atomic E-state index is 0.171. The van der Waals surface area contributed by atoms with Gasteiger partial charge in [0.25, 0.3) is 5.91 Å². The standard InChI is InChI=1S/C21H16ClN5O/c1-12-16-11-17-19(24-20(16)27(26-12)15-5-3-2-4-6-15)23-18(25-21(17)28)13-7-9-14(22)10-8-13/h2-11,18H,1H3,(H,23,24)(H,25,28)/t18-/m0/s1. The summed E-state index contributed by atoms with van der Waals surface area (Å²) in [5, 5.41) is 12.4. The lowest BCUT2D eigenvalue weighted by Gasteiger charge is -2.27. The second-order valence-corrected chi connectivity index (χ2v) is 7.13. The van der Waals surface area contributed by atoms with Crippen molar-refractivity contribution in [2.45, 2.75) is 13.1 Å². The average molecular weight is 390 g/mol. The molecule has 0 bridgehead atoms. The third-order valence-corrected chi connectivity index (χ3v) is 5.10. The molecule has 138 valence electrons. The van der Waals surface area contributed by atoms with E-state index in [-0.39, 0.29) is 12.1 Å². The quantitative estimate of drug-likeness (QED) is 0.538. The summed E-state index contributed by atoms with van der Waals surface area (Å²) in [6.45, 7) is 1.92. The van der Waals surface area contributed by atoms with Gasteiger partial charge in [-0.25, -0.2) is 9.67 Å². The Labute approximate surface area is 166 Å². The molecule has 5 rings (SSSR count). The van der Waals surface area contributed by atoms with Crippen LogP contribution in [0.4, 0.5) is 5.82 Å². The SMILES string of the molecule is Cc1nn(-c2ccccc2)c2nc3c(cc12)C(=O)N[C@@H](c1ccc(Cl)cc1)N3. The van der Waals surface area contributed by atoms with E-state index < -0.39 is 0 Å². The normalized spacial score (nSPS) is 15.8. The van der Waals surface area contributed by atoms with Crippen molar-refractivity contribution in [3.05, 3.63) is 82.5 Å². The molecule has 28 heavy (non-hydrogen) atoms. The van der Waals surface area contributed by atoms with Gasteiger partial charge >= 0.3 is 0 Å². The molecule has 4 aromatic rings. The molecule has 3 heterocycles. The molecule has 2 aromatic heterocycles. The van der Waals surface area contributed by atoms with Crippen LogP contribution in [0.2, 0.25) is 5.02 Å². The zero-order valence-electron chi connectivity index (χ0n) is 15.0. The van der Waals surface area contributed by atoms with E-state index in [1.54, 1.807) is 16.8 Å². The number of fused-ring (bicyclic) bond motifs is 2. The van der Waals surface area contributed by atoms with Crippen LogP contribution < -0.4 is 10.6 Å². The molecule has 1 atom stereocenters. The Balaban J connectivity index is 1.63. The van der Waals surface area contributed by atoms with Gasteiger partial charge in [-0.3, -0.25) is 4.79 Å². The van der Waals surface area contributed by atoms with Crippen LogP contribution in [-0.4, -0.2) is 20.7 Å². The van der Waals surface area contributed by atoms with E-state index in [4.69, 9.17) is 16.6 Å². The predicted molar refractivity (Wildman–Crippen MR) is 109 cm³/mol. The summed E-state index contributed by atoms with van der Waals surface area (Å²) in [7, 11) is 0. The number of halogens is 1. The number of benzene rings is 2. The summed E-state index contributed by atoms with van der Waals surface area (Å²) in [5.74, 6) is 0.364. The van der Waals surface area contributed by atoms with Crippen molar-refractivity contribution >= 4 is 34.4 Å². The number of pyridine rings is 1.